The summed E-state index contributed by atoms with van der Waals surface area (Å²) in [6.45, 7) is 6.77. The van der Waals surface area contributed by atoms with Crippen molar-refractivity contribution in [1.82, 2.24) is 10.6 Å². The fourth-order valence-corrected chi connectivity index (χ4v) is 2.82. The highest BCUT2D eigenvalue weighted by molar-refractivity contribution is 5.45. The van der Waals surface area contributed by atoms with Crippen LogP contribution in [0.4, 0.5) is 0 Å². The van der Waals surface area contributed by atoms with E-state index in [-0.39, 0.29) is 12.1 Å². The molecule has 4 nitrogen and oxygen atoms in total. The van der Waals surface area contributed by atoms with Gasteiger partial charge in [0, 0.05) is 18.7 Å². The zero-order valence-corrected chi connectivity index (χ0v) is 12.2. The van der Waals surface area contributed by atoms with Crippen molar-refractivity contribution >= 4 is 0 Å². The third-order valence-corrected chi connectivity index (χ3v) is 3.66. The molecule has 1 aliphatic heterocycles. The third kappa shape index (κ3) is 3.08. The van der Waals surface area contributed by atoms with Gasteiger partial charge in [-0.05, 0) is 38.1 Å². The number of nitrogens with one attached hydrogen (secondary N) is 2. The molecular weight excluding hydrogens is 240 g/mol. The molecule has 0 amide bonds. The van der Waals surface area contributed by atoms with Crippen LogP contribution in [0.5, 0.6) is 5.75 Å². The van der Waals surface area contributed by atoms with Gasteiger partial charge in [-0.25, -0.2) is 0 Å². The summed E-state index contributed by atoms with van der Waals surface area (Å²) in [4.78, 5) is 0. The molecule has 2 N–H and O–H groups in total. The Bertz CT molecular complexity index is 428. The Kier molecular flexibility index (Phi) is 4.80. The van der Waals surface area contributed by atoms with Crippen molar-refractivity contribution in [3.05, 3.63) is 28.8 Å². The Hall–Kier alpha value is -1.10. The first-order chi connectivity index (χ1) is 9.17. The number of methoxy groups -OCH3 is 1. The van der Waals surface area contributed by atoms with Gasteiger partial charge in [-0.1, -0.05) is 6.07 Å². The van der Waals surface area contributed by atoms with E-state index in [4.69, 9.17) is 9.47 Å². The smallest absolute Gasteiger partial charge is 0.124 e. The van der Waals surface area contributed by atoms with Crippen molar-refractivity contribution < 1.29 is 9.47 Å². The van der Waals surface area contributed by atoms with Gasteiger partial charge in [-0.3, -0.25) is 0 Å². The lowest BCUT2D eigenvalue weighted by atomic mass is 9.93. The predicted octanol–water partition coefficient (Wildman–Crippen LogP) is 1.56. The Labute approximate surface area is 115 Å². The summed E-state index contributed by atoms with van der Waals surface area (Å²) in [7, 11) is 3.70. The molecular formula is C15H24N2O2. The second kappa shape index (κ2) is 6.37. The molecule has 0 aromatic heterocycles. The van der Waals surface area contributed by atoms with Gasteiger partial charge in [0.1, 0.15) is 5.75 Å². The molecule has 0 saturated carbocycles. The summed E-state index contributed by atoms with van der Waals surface area (Å²) >= 11 is 0. The first kappa shape index (κ1) is 14.3. The van der Waals surface area contributed by atoms with E-state index in [1.54, 1.807) is 7.11 Å². The predicted molar refractivity (Wildman–Crippen MR) is 76.9 cm³/mol. The average Bonchev–Trinajstić information content (AvgIpc) is 2.42. The molecule has 1 aromatic carbocycles. The van der Waals surface area contributed by atoms with Gasteiger partial charge >= 0.3 is 0 Å². The van der Waals surface area contributed by atoms with Gasteiger partial charge < -0.3 is 20.1 Å². The van der Waals surface area contributed by atoms with E-state index in [9.17, 15) is 0 Å². The minimum Gasteiger partial charge on any atom is -0.496 e. The van der Waals surface area contributed by atoms with Crippen molar-refractivity contribution in [2.45, 2.75) is 26.0 Å². The minimum atomic E-state index is 0.133. The lowest BCUT2D eigenvalue weighted by Gasteiger charge is -2.32. The van der Waals surface area contributed by atoms with Crippen molar-refractivity contribution in [1.29, 1.82) is 0 Å². The molecule has 19 heavy (non-hydrogen) atoms. The van der Waals surface area contributed by atoms with Crippen LogP contribution in [0.15, 0.2) is 12.1 Å². The lowest BCUT2D eigenvalue weighted by molar-refractivity contribution is 0.00477. The zero-order valence-electron chi connectivity index (χ0n) is 12.2. The summed E-state index contributed by atoms with van der Waals surface area (Å²) in [5.41, 5.74) is 3.66. The maximum Gasteiger partial charge on any atom is 0.124 e. The fourth-order valence-electron chi connectivity index (χ4n) is 2.82. The number of likely N-dealkylation sites (N-methyl/N-ethyl adjacent to an activating group) is 1. The van der Waals surface area contributed by atoms with E-state index < -0.39 is 0 Å². The van der Waals surface area contributed by atoms with Crippen LogP contribution in [-0.2, 0) is 4.74 Å². The molecule has 0 aliphatic carbocycles. The molecule has 0 bridgehead atoms. The third-order valence-electron chi connectivity index (χ3n) is 3.66. The summed E-state index contributed by atoms with van der Waals surface area (Å²) in [5.74, 6) is 0.936. The highest BCUT2D eigenvalue weighted by Gasteiger charge is 2.28. The molecule has 2 unspecified atom stereocenters. The van der Waals surface area contributed by atoms with E-state index in [2.05, 4.69) is 36.6 Å². The normalized spacial score (nSPS) is 21.2. The molecule has 2 rings (SSSR count). The quantitative estimate of drug-likeness (QED) is 0.866. The maximum absolute atomic E-state index is 5.89. The summed E-state index contributed by atoms with van der Waals surface area (Å²) in [6.07, 6.45) is 0.133. The topological polar surface area (TPSA) is 42.5 Å². The van der Waals surface area contributed by atoms with Crippen LogP contribution in [0.1, 0.15) is 22.7 Å². The maximum atomic E-state index is 5.89. The Morgan fingerprint density at radius 1 is 1.42 bits per heavy atom. The van der Waals surface area contributed by atoms with Gasteiger partial charge in [0.25, 0.3) is 0 Å². The van der Waals surface area contributed by atoms with Gasteiger partial charge in [0.2, 0.25) is 0 Å². The molecule has 0 spiro atoms. The van der Waals surface area contributed by atoms with Crippen LogP contribution in [0.3, 0.4) is 0 Å². The Balaban J connectivity index is 2.36. The number of rotatable bonds is 4. The van der Waals surface area contributed by atoms with E-state index in [1.165, 1.54) is 16.7 Å². The molecule has 106 valence electrons. The zero-order chi connectivity index (χ0) is 13.8. The second-order valence-corrected chi connectivity index (χ2v) is 5.08. The largest absolute Gasteiger partial charge is 0.496 e. The monoisotopic (exact) mass is 264 g/mol. The first-order valence-corrected chi connectivity index (χ1v) is 6.82. The second-order valence-electron chi connectivity index (χ2n) is 5.08. The molecule has 2 atom stereocenters. The van der Waals surface area contributed by atoms with Crippen molar-refractivity contribution in [2.24, 2.45) is 0 Å². The number of aryl methyl sites for hydroxylation is 2. The number of benzene rings is 1. The van der Waals surface area contributed by atoms with E-state index in [1.807, 2.05) is 7.05 Å². The standard InChI is InChI=1S/C15H24N2O2/c1-10-7-11(2)14(12(8-10)18-4)15(16-3)13-9-17-5-6-19-13/h7-8,13,15-17H,5-6,9H2,1-4H3. The minimum absolute atomic E-state index is 0.133. The molecule has 1 aliphatic rings. The SMILES string of the molecule is CNC(c1c(C)cc(C)cc1OC)C1CNCCO1. The van der Waals surface area contributed by atoms with E-state index in [0.717, 1.165) is 25.4 Å². The number of hydrogen-bond donors (Lipinski definition) is 2. The molecule has 1 saturated heterocycles. The molecule has 4 heteroatoms. The Morgan fingerprint density at radius 2 is 2.21 bits per heavy atom. The van der Waals surface area contributed by atoms with E-state index >= 15 is 0 Å². The Morgan fingerprint density at radius 3 is 2.79 bits per heavy atom. The molecule has 0 radical (unpaired) electrons. The van der Waals surface area contributed by atoms with Gasteiger partial charge in [-0.15, -0.1) is 0 Å². The fraction of sp³-hybridized carbons (Fsp3) is 0.600. The van der Waals surface area contributed by atoms with Gasteiger partial charge in [-0.2, -0.15) is 0 Å². The van der Waals surface area contributed by atoms with Crippen LogP contribution in [0.25, 0.3) is 0 Å². The first-order valence-electron chi connectivity index (χ1n) is 6.82. The summed E-state index contributed by atoms with van der Waals surface area (Å²) < 4.78 is 11.5. The van der Waals surface area contributed by atoms with Gasteiger partial charge in [0.15, 0.2) is 0 Å². The highest BCUT2D eigenvalue weighted by Crippen LogP contribution is 2.32. The summed E-state index contributed by atoms with van der Waals surface area (Å²) in [5, 5.41) is 6.76. The molecule has 1 heterocycles. The van der Waals surface area contributed by atoms with Crippen LogP contribution in [0, 0.1) is 13.8 Å². The molecule has 1 fully saturated rings. The van der Waals surface area contributed by atoms with E-state index in [0.29, 0.717) is 0 Å². The summed E-state index contributed by atoms with van der Waals surface area (Å²) in [6, 6.07) is 4.42. The number of hydrogen-bond acceptors (Lipinski definition) is 4. The number of ether oxygens (including phenoxy) is 2. The lowest BCUT2D eigenvalue weighted by Crippen LogP contribution is -2.45. The van der Waals surface area contributed by atoms with Gasteiger partial charge in [0.05, 0.1) is 25.9 Å². The van der Waals surface area contributed by atoms with Crippen molar-refractivity contribution in [3.8, 4) is 5.75 Å². The molecule has 1 aromatic rings. The van der Waals surface area contributed by atoms with Crippen LogP contribution in [-0.4, -0.2) is 40.0 Å². The average molecular weight is 264 g/mol. The highest BCUT2D eigenvalue weighted by atomic mass is 16.5. The number of morpholine rings is 1. The van der Waals surface area contributed by atoms with Crippen LogP contribution < -0.4 is 15.4 Å². The van der Waals surface area contributed by atoms with Crippen molar-refractivity contribution in [3.63, 3.8) is 0 Å². The van der Waals surface area contributed by atoms with Crippen molar-refractivity contribution in [2.75, 3.05) is 33.9 Å². The van der Waals surface area contributed by atoms with Crippen LogP contribution >= 0.6 is 0 Å². The van der Waals surface area contributed by atoms with Crippen LogP contribution in [0.2, 0.25) is 0 Å².